The van der Waals surface area contributed by atoms with Gasteiger partial charge in [0.25, 0.3) is 0 Å². The molecule has 0 spiro atoms. The number of phenolic OH excluding ortho intramolecular Hbond substituents is 1. The zero-order valence-corrected chi connectivity index (χ0v) is 22.3. The second kappa shape index (κ2) is 8.65. The second-order valence-electron chi connectivity index (χ2n) is 11.7. The van der Waals surface area contributed by atoms with Gasteiger partial charge in [0.05, 0.1) is 18.5 Å². The molecule has 2 bridgehead atoms. The lowest BCUT2D eigenvalue weighted by atomic mass is 9.75. The number of anilines is 1. The molecule has 3 aliphatic rings. The predicted octanol–water partition coefficient (Wildman–Crippen LogP) is 4.90. The maximum atomic E-state index is 10.9. The summed E-state index contributed by atoms with van der Waals surface area (Å²) >= 11 is 0. The van der Waals surface area contributed by atoms with Gasteiger partial charge in [0.1, 0.15) is 17.2 Å². The van der Waals surface area contributed by atoms with E-state index in [0.29, 0.717) is 40.7 Å². The Morgan fingerprint density at radius 2 is 1.78 bits per heavy atom. The third-order valence-corrected chi connectivity index (χ3v) is 8.96. The number of aromatic nitrogens is 4. The number of methoxy groups -OCH3 is 1. The number of phenols is 1. The third kappa shape index (κ3) is 4.21. The Morgan fingerprint density at radius 1 is 1.00 bits per heavy atom. The topological polar surface area (TPSA) is 96.3 Å². The molecule has 2 N–H and O–H groups in total. The van der Waals surface area contributed by atoms with Crippen LogP contribution in [0.4, 0.5) is 5.82 Å². The van der Waals surface area contributed by atoms with Gasteiger partial charge in [-0.2, -0.15) is 5.10 Å². The van der Waals surface area contributed by atoms with E-state index in [1.54, 1.807) is 13.2 Å². The number of rotatable bonds is 6. The first-order chi connectivity index (χ1) is 17.7. The largest absolute Gasteiger partial charge is 0.507 e. The van der Waals surface area contributed by atoms with Crippen molar-refractivity contribution >= 4 is 5.82 Å². The molecule has 0 radical (unpaired) electrons. The second-order valence-corrected chi connectivity index (χ2v) is 11.7. The van der Waals surface area contributed by atoms with Crippen molar-refractivity contribution < 1.29 is 9.84 Å². The van der Waals surface area contributed by atoms with Crippen LogP contribution in [0.5, 0.6) is 11.5 Å². The lowest BCUT2D eigenvalue weighted by Crippen LogP contribution is -2.64. The molecule has 8 heteroatoms. The van der Waals surface area contributed by atoms with Crippen LogP contribution >= 0.6 is 0 Å². The number of benzene rings is 1. The number of aryl methyl sites for hydroxylation is 1. The molecular weight excluding hydrogens is 464 g/mol. The Bertz CT molecular complexity index is 1330. The molecule has 194 valence electrons. The van der Waals surface area contributed by atoms with E-state index >= 15 is 0 Å². The van der Waals surface area contributed by atoms with Crippen LogP contribution in [0.2, 0.25) is 0 Å². The molecule has 8 nitrogen and oxygen atoms in total. The van der Waals surface area contributed by atoms with Crippen LogP contribution in [0.3, 0.4) is 0 Å². The minimum absolute atomic E-state index is 0.129. The monoisotopic (exact) mass is 500 g/mol. The van der Waals surface area contributed by atoms with Crippen molar-refractivity contribution in [3.63, 3.8) is 0 Å². The van der Waals surface area contributed by atoms with Crippen LogP contribution in [-0.2, 0) is 0 Å². The summed E-state index contributed by atoms with van der Waals surface area (Å²) < 4.78 is 5.37. The van der Waals surface area contributed by atoms with Crippen molar-refractivity contribution in [3.05, 3.63) is 42.1 Å². The highest BCUT2D eigenvalue weighted by atomic mass is 16.5. The Kier molecular flexibility index (Phi) is 5.64. The lowest BCUT2D eigenvalue weighted by Gasteiger charge is -2.51. The van der Waals surface area contributed by atoms with E-state index in [9.17, 15) is 5.11 Å². The molecule has 0 unspecified atom stereocenters. The van der Waals surface area contributed by atoms with Crippen molar-refractivity contribution in [2.45, 2.75) is 83.0 Å². The number of hydrogen-bond donors (Lipinski definition) is 2. The molecule has 2 aliphatic heterocycles. The zero-order chi connectivity index (χ0) is 25.9. The minimum Gasteiger partial charge on any atom is -0.507 e. The third-order valence-electron chi connectivity index (χ3n) is 8.96. The summed E-state index contributed by atoms with van der Waals surface area (Å²) in [6, 6.07) is 12.3. The van der Waals surface area contributed by atoms with E-state index < -0.39 is 0 Å². The highest BCUT2D eigenvalue weighted by molar-refractivity contribution is 5.73. The van der Waals surface area contributed by atoms with Gasteiger partial charge in [-0.25, -0.2) is 0 Å². The maximum absolute atomic E-state index is 10.9. The molecule has 4 heterocycles. The normalized spacial score (nSPS) is 28.8. The average Bonchev–Trinajstić information content (AvgIpc) is 3.68. The molecule has 2 aromatic heterocycles. The van der Waals surface area contributed by atoms with Crippen LogP contribution in [0.25, 0.3) is 22.5 Å². The Balaban J connectivity index is 1.27. The molecule has 1 aliphatic carbocycles. The van der Waals surface area contributed by atoms with Crippen molar-refractivity contribution in [2.75, 3.05) is 12.0 Å². The molecule has 4 atom stereocenters. The van der Waals surface area contributed by atoms with E-state index in [2.05, 4.69) is 52.4 Å². The van der Waals surface area contributed by atoms with Gasteiger partial charge in [0.15, 0.2) is 5.82 Å². The van der Waals surface area contributed by atoms with Crippen molar-refractivity contribution in [1.29, 1.82) is 0 Å². The SMILES string of the molecule is COc1cc(-c2ccc(-c3ccc(N(C4CC4)[C@@H]4C[C@@]5(C)CC[C@](C)(N5)[C@@H]4C)nn3)c(O)c2)nnc1C. The van der Waals surface area contributed by atoms with Crippen LogP contribution in [-0.4, -0.2) is 55.8 Å². The van der Waals surface area contributed by atoms with Crippen LogP contribution in [0, 0.1) is 12.8 Å². The van der Waals surface area contributed by atoms with Crippen molar-refractivity contribution in [3.8, 4) is 34.0 Å². The quantitative estimate of drug-likeness (QED) is 0.493. The number of hydrogen-bond acceptors (Lipinski definition) is 8. The molecule has 37 heavy (non-hydrogen) atoms. The van der Waals surface area contributed by atoms with Gasteiger partial charge in [-0.1, -0.05) is 13.0 Å². The average molecular weight is 501 g/mol. The molecule has 3 fully saturated rings. The first-order valence-corrected chi connectivity index (χ1v) is 13.3. The molecule has 1 saturated carbocycles. The van der Waals surface area contributed by atoms with Gasteiger partial charge in [0.2, 0.25) is 0 Å². The number of nitrogens with zero attached hydrogens (tertiary/aromatic N) is 5. The molecular formula is C29H36N6O2. The molecule has 6 rings (SSSR count). The van der Waals surface area contributed by atoms with Crippen molar-refractivity contribution in [1.82, 2.24) is 25.7 Å². The van der Waals surface area contributed by atoms with E-state index in [-0.39, 0.29) is 16.8 Å². The summed E-state index contributed by atoms with van der Waals surface area (Å²) in [6.07, 6.45) is 5.99. The van der Waals surface area contributed by atoms with Gasteiger partial charge < -0.3 is 20.1 Å². The fourth-order valence-electron chi connectivity index (χ4n) is 6.52. The number of nitrogens with one attached hydrogen (secondary N) is 1. The summed E-state index contributed by atoms with van der Waals surface area (Å²) in [7, 11) is 1.61. The Labute approximate surface area is 218 Å². The van der Waals surface area contributed by atoms with Crippen molar-refractivity contribution in [2.24, 2.45) is 5.92 Å². The Hall–Kier alpha value is -3.26. The van der Waals surface area contributed by atoms with E-state index in [0.717, 1.165) is 23.5 Å². The van der Waals surface area contributed by atoms with Gasteiger partial charge in [-0.15, -0.1) is 15.3 Å². The predicted molar refractivity (Wildman–Crippen MR) is 144 cm³/mol. The van der Waals surface area contributed by atoms with Gasteiger partial charge in [0, 0.05) is 40.4 Å². The Morgan fingerprint density at radius 3 is 2.46 bits per heavy atom. The highest BCUT2D eigenvalue weighted by Gasteiger charge is 2.55. The van der Waals surface area contributed by atoms with Gasteiger partial charge in [-0.3, -0.25) is 0 Å². The highest BCUT2D eigenvalue weighted by Crippen LogP contribution is 2.49. The summed E-state index contributed by atoms with van der Waals surface area (Å²) in [4.78, 5) is 2.55. The fourth-order valence-corrected chi connectivity index (χ4v) is 6.52. The minimum atomic E-state index is 0.129. The fraction of sp³-hybridized carbons (Fsp3) is 0.517. The number of piperidine rings is 1. The maximum Gasteiger partial charge on any atom is 0.151 e. The molecule has 3 aromatic rings. The number of ether oxygens (including phenoxy) is 1. The first kappa shape index (κ1) is 24.1. The van der Waals surface area contributed by atoms with Crippen LogP contribution in [0.15, 0.2) is 36.4 Å². The smallest absolute Gasteiger partial charge is 0.151 e. The molecule has 1 aromatic carbocycles. The molecule has 2 saturated heterocycles. The van der Waals surface area contributed by atoms with Gasteiger partial charge >= 0.3 is 0 Å². The standard InChI is InChI=1S/C29H36N6O2/c1-17-24(16-28(3)12-13-29(17,4)34-28)35(20-7-8-20)27-11-10-22(31-33-27)21-9-6-19(14-25(21)36)23-15-26(37-5)18(2)30-32-23/h6,9-11,14-15,17,20,24,34,36H,7-8,12-13,16H2,1-5H3/t17-,24-,28-,29+/m1/s1. The summed E-state index contributed by atoms with van der Waals surface area (Å²) in [5.74, 6) is 2.25. The number of fused-ring (bicyclic) bond motifs is 2. The number of aromatic hydroxyl groups is 1. The summed E-state index contributed by atoms with van der Waals surface area (Å²) in [6.45, 7) is 9.01. The van der Waals surface area contributed by atoms with E-state index in [1.807, 2.05) is 31.2 Å². The lowest BCUT2D eigenvalue weighted by molar-refractivity contribution is 0.135. The molecule has 0 amide bonds. The van der Waals surface area contributed by atoms with E-state index in [1.165, 1.54) is 25.7 Å². The summed E-state index contributed by atoms with van der Waals surface area (Å²) in [5.41, 5.74) is 3.75. The summed E-state index contributed by atoms with van der Waals surface area (Å²) in [5, 5.41) is 32.5. The van der Waals surface area contributed by atoms with E-state index in [4.69, 9.17) is 9.84 Å². The van der Waals surface area contributed by atoms with Crippen LogP contribution in [0.1, 0.15) is 58.6 Å². The first-order valence-electron chi connectivity index (χ1n) is 13.3. The zero-order valence-electron chi connectivity index (χ0n) is 22.3. The van der Waals surface area contributed by atoms with Gasteiger partial charge in [-0.05, 0) is 83.1 Å². The van der Waals surface area contributed by atoms with Crippen LogP contribution < -0.4 is 15.0 Å².